The lowest BCUT2D eigenvalue weighted by Gasteiger charge is -2.22. The first kappa shape index (κ1) is 14.2. The molecule has 0 aromatic carbocycles. The van der Waals surface area contributed by atoms with Crippen LogP contribution in [0.25, 0.3) is 0 Å². The van der Waals surface area contributed by atoms with Crippen molar-refractivity contribution in [3.63, 3.8) is 0 Å². The van der Waals surface area contributed by atoms with Crippen LogP contribution in [0.5, 0.6) is 0 Å². The van der Waals surface area contributed by atoms with Gasteiger partial charge < -0.3 is 4.74 Å². The van der Waals surface area contributed by atoms with E-state index in [1.165, 1.54) is 0 Å². The van der Waals surface area contributed by atoms with Gasteiger partial charge in [0.15, 0.2) is 0 Å². The Hall–Kier alpha value is -0.790. The summed E-state index contributed by atoms with van der Waals surface area (Å²) in [7, 11) is 0. The monoisotopic (exact) mass is 212 g/mol. The van der Waals surface area contributed by atoms with Crippen LogP contribution in [0, 0.1) is 5.92 Å². The number of allylic oxidation sites excluding steroid dienone is 2. The van der Waals surface area contributed by atoms with Gasteiger partial charge in [-0.15, -0.1) is 0 Å². The molecule has 0 fully saturated rings. The van der Waals surface area contributed by atoms with Crippen molar-refractivity contribution in [2.45, 2.75) is 59.5 Å². The molecule has 2 heteroatoms. The second-order valence-corrected chi connectivity index (χ2v) is 4.89. The Morgan fingerprint density at radius 2 is 1.93 bits per heavy atom. The van der Waals surface area contributed by atoms with Crippen molar-refractivity contribution < 1.29 is 9.53 Å². The molecule has 88 valence electrons. The minimum Gasteiger partial charge on any atom is -0.460 e. The lowest BCUT2D eigenvalue weighted by Crippen LogP contribution is -2.27. The van der Waals surface area contributed by atoms with Crippen LogP contribution >= 0.6 is 0 Å². The minimum absolute atomic E-state index is 0.00858. The minimum atomic E-state index is -0.370. The molecule has 0 rings (SSSR count). The van der Waals surface area contributed by atoms with Gasteiger partial charge in [0.25, 0.3) is 0 Å². The number of carbonyl (C=O) groups is 1. The maximum atomic E-state index is 11.6. The maximum Gasteiger partial charge on any atom is 0.309 e. The summed E-state index contributed by atoms with van der Waals surface area (Å²) in [4.78, 5) is 11.6. The number of hydrogen-bond acceptors (Lipinski definition) is 2. The summed E-state index contributed by atoms with van der Waals surface area (Å²) in [6.45, 7) is 9.72. The Labute approximate surface area is 93.7 Å². The summed E-state index contributed by atoms with van der Waals surface area (Å²) < 4.78 is 5.29. The van der Waals surface area contributed by atoms with E-state index >= 15 is 0 Å². The lowest BCUT2D eigenvalue weighted by atomic mass is 10.1. The van der Waals surface area contributed by atoms with Gasteiger partial charge in [-0.05, 0) is 40.0 Å². The fraction of sp³-hybridized carbons (Fsp3) is 0.769. The second kappa shape index (κ2) is 6.65. The Morgan fingerprint density at radius 1 is 1.33 bits per heavy atom. The van der Waals surface area contributed by atoms with Gasteiger partial charge in [0.05, 0.1) is 5.92 Å². The van der Waals surface area contributed by atoms with Crippen molar-refractivity contribution in [1.29, 1.82) is 0 Å². The standard InChI is InChI=1S/C13H24O2/c1-6-7-8-9-10-11(2)12(14)15-13(3,4)5/h7-8,11H,6,9-10H2,1-5H3. The first-order chi connectivity index (χ1) is 6.87. The molecule has 0 N–H and O–H groups in total. The Morgan fingerprint density at radius 3 is 2.40 bits per heavy atom. The molecule has 15 heavy (non-hydrogen) atoms. The van der Waals surface area contributed by atoms with Gasteiger partial charge in [0.1, 0.15) is 5.60 Å². The first-order valence-corrected chi connectivity index (χ1v) is 5.74. The van der Waals surface area contributed by atoms with Crippen molar-refractivity contribution in [1.82, 2.24) is 0 Å². The summed E-state index contributed by atoms with van der Waals surface area (Å²) in [5.74, 6) is -0.0990. The van der Waals surface area contributed by atoms with Gasteiger partial charge in [-0.2, -0.15) is 0 Å². The highest BCUT2D eigenvalue weighted by Crippen LogP contribution is 2.14. The maximum absolute atomic E-state index is 11.6. The second-order valence-electron chi connectivity index (χ2n) is 4.89. The van der Waals surface area contributed by atoms with Crippen LogP contribution < -0.4 is 0 Å². The molecule has 0 aliphatic carbocycles. The summed E-state index contributed by atoms with van der Waals surface area (Å²) in [6, 6.07) is 0. The van der Waals surface area contributed by atoms with Crippen LogP contribution in [0.15, 0.2) is 12.2 Å². The molecule has 0 aliphatic rings. The first-order valence-electron chi connectivity index (χ1n) is 5.74. The molecule has 0 aromatic rings. The summed E-state index contributed by atoms with van der Waals surface area (Å²) >= 11 is 0. The predicted molar refractivity (Wildman–Crippen MR) is 63.7 cm³/mol. The van der Waals surface area contributed by atoms with Crippen molar-refractivity contribution in [3.05, 3.63) is 12.2 Å². The zero-order chi connectivity index (χ0) is 11.9. The van der Waals surface area contributed by atoms with Gasteiger partial charge in [-0.3, -0.25) is 4.79 Å². The molecular formula is C13H24O2. The van der Waals surface area contributed by atoms with Crippen molar-refractivity contribution in [2.24, 2.45) is 5.92 Å². The van der Waals surface area contributed by atoms with E-state index in [2.05, 4.69) is 19.1 Å². The molecule has 0 aromatic heterocycles. The van der Waals surface area contributed by atoms with Gasteiger partial charge in [-0.25, -0.2) is 0 Å². The van der Waals surface area contributed by atoms with E-state index in [1.54, 1.807) is 0 Å². The average Bonchev–Trinajstić information content (AvgIpc) is 2.09. The van der Waals surface area contributed by atoms with Crippen LogP contribution in [0.1, 0.15) is 53.9 Å². The third-order valence-corrected chi connectivity index (χ3v) is 1.98. The molecule has 0 radical (unpaired) electrons. The van der Waals surface area contributed by atoms with E-state index in [1.807, 2.05) is 27.7 Å². The van der Waals surface area contributed by atoms with E-state index in [4.69, 9.17) is 4.74 Å². The molecule has 0 saturated carbocycles. The summed E-state index contributed by atoms with van der Waals surface area (Å²) in [5.41, 5.74) is -0.370. The van der Waals surface area contributed by atoms with Crippen molar-refractivity contribution in [2.75, 3.05) is 0 Å². The van der Waals surface area contributed by atoms with Gasteiger partial charge in [0.2, 0.25) is 0 Å². The highest BCUT2D eigenvalue weighted by Gasteiger charge is 2.20. The van der Waals surface area contributed by atoms with Crippen LogP contribution in [0.2, 0.25) is 0 Å². The largest absolute Gasteiger partial charge is 0.460 e. The van der Waals surface area contributed by atoms with E-state index in [-0.39, 0.29) is 17.5 Å². The Bertz CT molecular complexity index is 211. The fourth-order valence-electron chi connectivity index (χ4n) is 1.15. The predicted octanol–water partition coefficient (Wildman–Crippen LogP) is 3.71. The third kappa shape index (κ3) is 8.22. The topological polar surface area (TPSA) is 26.3 Å². The van der Waals surface area contributed by atoms with E-state index in [0.717, 1.165) is 19.3 Å². The quantitative estimate of drug-likeness (QED) is 0.513. The summed E-state index contributed by atoms with van der Waals surface area (Å²) in [6.07, 6.45) is 7.13. The Kier molecular flexibility index (Phi) is 6.30. The fourth-order valence-corrected chi connectivity index (χ4v) is 1.15. The highest BCUT2D eigenvalue weighted by molar-refractivity contribution is 5.72. The smallest absolute Gasteiger partial charge is 0.309 e. The average molecular weight is 212 g/mol. The number of ether oxygens (including phenoxy) is 1. The van der Waals surface area contributed by atoms with Gasteiger partial charge in [0, 0.05) is 0 Å². The molecule has 0 heterocycles. The number of hydrogen-bond donors (Lipinski definition) is 0. The third-order valence-electron chi connectivity index (χ3n) is 1.98. The normalized spacial score (nSPS) is 14.2. The van der Waals surface area contributed by atoms with Crippen LogP contribution in [0.4, 0.5) is 0 Å². The SMILES string of the molecule is CCC=CCCC(C)C(=O)OC(C)(C)C. The Balaban J connectivity index is 3.84. The molecule has 0 saturated heterocycles. The highest BCUT2D eigenvalue weighted by atomic mass is 16.6. The van der Waals surface area contributed by atoms with Crippen LogP contribution in [-0.4, -0.2) is 11.6 Å². The van der Waals surface area contributed by atoms with Crippen molar-refractivity contribution in [3.8, 4) is 0 Å². The molecule has 1 atom stereocenters. The van der Waals surface area contributed by atoms with E-state index in [0.29, 0.717) is 0 Å². The zero-order valence-electron chi connectivity index (χ0n) is 10.7. The van der Waals surface area contributed by atoms with Crippen molar-refractivity contribution >= 4 is 5.97 Å². The van der Waals surface area contributed by atoms with E-state index < -0.39 is 0 Å². The van der Waals surface area contributed by atoms with Crippen LogP contribution in [-0.2, 0) is 9.53 Å². The van der Waals surface area contributed by atoms with E-state index in [9.17, 15) is 4.79 Å². The molecule has 1 unspecified atom stereocenters. The van der Waals surface area contributed by atoms with Gasteiger partial charge in [-0.1, -0.05) is 26.0 Å². The molecule has 2 nitrogen and oxygen atoms in total. The lowest BCUT2D eigenvalue weighted by molar-refractivity contribution is -0.159. The van der Waals surface area contributed by atoms with Gasteiger partial charge >= 0.3 is 5.97 Å². The molecule has 0 aliphatic heterocycles. The summed E-state index contributed by atoms with van der Waals surface area (Å²) in [5, 5.41) is 0. The molecule has 0 spiro atoms. The zero-order valence-corrected chi connectivity index (χ0v) is 10.7. The number of carbonyl (C=O) groups excluding carboxylic acids is 1. The molecule has 0 bridgehead atoms. The molecule has 0 amide bonds. The molecular weight excluding hydrogens is 188 g/mol. The number of rotatable bonds is 5. The van der Waals surface area contributed by atoms with Crippen LogP contribution in [0.3, 0.4) is 0 Å². The number of esters is 1.